The smallest absolute Gasteiger partial charge is 0.261 e. The van der Waals surface area contributed by atoms with E-state index in [1.807, 2.05) is 70.2 Å². The number of amides is 2. The van der Waals surface area contributed by atoms with E-state index in [-0.39, 0.29) is 18.4 Å². The van der Waals surface area contributed by atoms with Crippen LogP contribution in [0.25, 0.3) is 0 Å². The van der Waals surface area contributed by atoms with Crippen LogP contribution in [-0.2, 0) is 16.1 Å². The van der Waals surface area contributed by atoms with Gasteiger partial charge in [0.05, 0.1) is 0 Å². The predicted molar refractivity (Wildman–Crippen MR) is 125 cm³/mol. The van der Waals surface area contributed by atoms with Crippen LogP contribution in [0.4, 0.5) is 0 Å². The minimum atomic E-state index is -0.536. The zero-order valence-electron chi connectivity index (χ0n) is 19.5. The average Bonchev–Trinajstić information content (AvgIpc) is 2.76. The van der Waals surface area contributed by atoms with Gasteiger partial charge in [0.15, 0.2) is 6.61 Å². The summed E-state index contributed by atoms with van der Waals surface area (Å²) in [4.78, 5) is 27.8. The van der Waals surface area contributed by atoms with Crippen LogP contribution in [0.5, 0.6) is 5.75 Å². The first-order chi connectivity index (χ1) is 14.9. The van der Waals surface area contributed by atoms with Crippen molar-refractivity contribution in [2.75, 3.05) is 13.2 Å². The molecule has 0 aromatic heterocycles. The normalized spacial score (nSPS) is 11.6. The Balaban J connectivity index is 2.22. The molecule has 2 rings (SSSR count). The van der Waals surface area contributed by atoms with Crippen molar-refractivity contribution in [3.05, 3.63) is 64.7 Å². The number of ether oxygens (including phenoxy) is 1. The Morgan fingerprint density at radius 2 is 1.71 bits per heavy atom. The van der Waals surface area contributed by atoms with Crippen molar-refractivity contribution in [2.24, 2.45) is 0 Å². The van der Waals surface area contributed by atoms with Gasteiger partial charge < -0.3 is 15.0 Å². The lowest BCUT2D eigenvalue weighted by Crippen LogP contribution is -2.50. The van der Waals surface area contributed by atoms with Crippen LogP contribution in [0, 0.1) is 20.8 Å². The molecule has 1 atom stereocenters. The monoisotopic (exact) mass is 424 g/mol. The third-order valence-corrected chi connectivity index (χ3v) is 5.72. The second-order valence-corrected chi connectivity index (χ2v) is 8.00. The Morgan fingerprint density at radius 3 is 2.39 bits per heavy atom. The molecule has 5 nitrogen and oxygen atoms in total. The first kappa shape index (κ1) is 24.4. The molecule has 0 unspecified atom stereocenters. The minimum Gasteiger partial charge on any atom is -0.483 e. The van der Waals surface area contributed by atoms with Crippen LogP contribution in [-0.4, -0.2) is 35.9 Å². The Labute approximate surface area is 186 Å². The summed E-state index contributed by atoms with van der Waals surface area (Å²) in [7, 11) is 0. The van der Waals surface area contributed by atoms with E-state index in [1.165, 1.54) is 0 Å². The summed E-state index contributed by atoms with van der Waals surface area (Å²) in [5, 5.41) is 2.99. The summed E-state index contributed by atoms with van der Waals surface area (Å²) in [6.07, 6.45) is 2.47. The molecule has 2 amide bonds. The Bertz CT molecular complexity index is 879. The first-order valence-corrected chi connectivity index (χ1v) is 11.2. The maximum atomic E-state index is 13.3. The van der Waals surface area contributed by atoms with E-state index in [2.05, 4.69) is 12.2 Å². The fraction of sp³-hybridized carbons (Fsp3) is 0.462. The number of nitrogens with zero attached hydrogens (tertiary/aromatic N) is 1. The summed E-state index contributed by atoms with van der Waals surface area (Å²) in [6.45, 7) is 10.9. The van der Waals surface area contributed by atoms with Crippen LogP contribution in [0.1, 0.15) is 55.4 Å². The largest absolute Gasteiger partial charge is 0.483 e. The SMILES string of the molecule is CCCCNC(=O)[C@H](CC)N(Cc1ccccc1C)C(=O)COc1cccc(C)c1C. The van der Waals surface area contributed by atoms with Crippen LogP contribution in [0.2, 0.25) is 0 Å². The zero-order chi connectivity index (χ0) is 22.8. The number of benzene rings is 2. The van der Waals surface area contributed by atoms with Crippen molar-refractivity contribution in [1.29, 1.82) is 0 Å². The molecule has 5 heteroatoms. The van der Waals surface area contributed by atoms with Gasteiger partial charge in [-0.1, -0.05) is 56.7 Å². The van der Waals surface area contributed by atoms with E-state index in [0.29, 0.717) is 25.3 Å². The molecule has 0 bridgehead atoms. The lowest BCUT2D eigenvalue weighted by Gasteiger charge is -2.31. The summed E-state index contributed by atoms with van der Waals surface area (Å²) < 4.78 is 5.88. The molecule has 168 valence electrons. The number of nitrogens with one attached hydrogen (secondary N) is 1. The van der Waals surface area contributed by atoms with Crippen molar-refractivity contribution in [2.45, 2.75) is 66.5 Å². The molecule has 0 aliphatic heterocycles. The fourth-order valence-corrected chi connectivity index (χ4v) is 3.50. The molecule has 2 aromatic rings. The van der Waals surface area contributed by atoms with Gasteiger partial charge in [0.2, 0.25) is 5.91 Å². The second-order valence-electron chi connectivity index (χ2n) is 8.00. The molecule has 0 aliphatic carbocycles. The van der Waals surface area contributed by atoms with Gasteiger partial charge in [-0.3, -0.25) is 9.59 Å². The summed E-state index contributed by atoms with van der Waals surface area (Å²) in [5.41, 5.74) is 4.26. The van der Waals surface area contributed by atoms with Crippen LogP contribution in [0.15, 0.2) is 42.5 Å². The zero-order valence-corrected chi connectivity index (χ0v) is 19.5. The third-order valence-electron chi connectivity index (χ3n) is 5.72. The van der Waals surface area contributed by atoms with Gasteiger partial charge >= 0.3 is 0 Å². The number of carbonyl (C=O) groups is 2. The van der Waals surface area contributed by atoms with Gasteiger partial charge in [0.1, 0.15) is 11.8 Å². The highest BCUT2D eigenvalue weighted by molar-refractivity contribution is 5.88. The molecular weight excluding hydrogens is 388 g/mol. The van der Waals surface area contributed by atoms with Crippen LogP contribution >= 0.6 is 0 Å². The molecule has 0 fully saturated rings. The molecule has 0 aliphatic rings. The van der Waals surface area contributed by atoms with Gasteiger partial charge in [-0.05, 0) is 61.9 Å². The van der Waals surface area contributed by atoms with E-state index >= 15 is 0 Å². The highest BCUT2D eigenvalue weighted by Crippen LogP contribution is 2.21. The summed E-state index contributed by atoms with van der Waals surface area (Å²) in [5.74, 6) is 0.399. The van der Waals surface area contributed by atoms with Crippen molar-refractivity contribution in [1.82, 2.24) is 10.2 Å². The molecule has 1 N–H and O–H groups in total. The van der Waals surface area contributed by atoms with Crippen molar-refractivity contribution in [3.8, 4) is 5.75 Å². The molecular formula is C26H36N2O3. The van der Waals surface area contributed by atoms with Gasteiger partial charge in [0.25, 0.3) is 5.91 Å². The molecule has 0 radical (unpaired) electrons. The lowest BCUT2D eigenvalue weighted by molar-refractivity contribution is -0.143. The molecule has 2 aromatic carbocycles. The van der Waals surface area contributed by atoms with Gasteiger partial charge in [0, 0.05) is 13.1 Å². The van der Waals surface area contributed by atoms with Crippen molar-refractivity contribution < 1.29 is 14.3 Å². The molecule has 0 saturated heterocycles. The number of aryl methyl sites for hydroxylation is 2. The molecule has 0 heterocycles. The average molecular weight is 425 g/mol. The fourth-order valence-electron chi connectivity index (χ4n) is 3.50. The van der Waals surface area contributed by atoms with E-state index in [1.54, 1.807) is 4.90 Å². The minimum absolute atomic E-state index is 0.102. The van der Waals surface area contributed by atoms with Gasteiger partial charge in [-0.25, -0.2) is 0 Å². The first-order valence-electron chi connectivity index (χ1n) is 11.2. The predicted octanol–water partition coefficient (Wildman–Crippen LogP) is 4.71. The van der Waals surface area contributed by atoms with E-state index < -0.39 is 6.04 Å². The number of rotatable bonds is 11. The van der Waals surface area contributed by atoms with Crippen molar-refractivity contribution >= 4 is 11.8 Å². The summed E-state index contributed by atoms with van der Waals surface area (Å²) >= 11 is 0. The number of hydrogen-bond donors (Lipinski definition) is 1. The summed E-state index contributed by atoms with van der Waals surface area (Å²) in [6, 6.07) is 13.2. The van der Waals surface area contributed by atoms with Gasteiger partial charge in [-0.2, -0.15) is 0 Å². The Kier molecular flexibility index (Phi) is 9.57. The number of unbranched alkanes of at least 4 members (excludes halogenated alkanes) is 1. The van der Waals surface area contributed by atoms with E-state index in [4.69, 9.17) is 4.74 Å². The van der Waals surface area contributed by atoms with Crippen LogP contribution < -0.4 is 10.1 Å². The standard InChI is InChI=1S/C26H36N2O3/c1-6-8-16-27-26(30)23(7-2)28(17-22-14-10-9-12-20(22)4)25(29)18-31-24-15-11-13-19(3)21(24)5/h9-15,23H,6-8,16-18H2,1-5H3,(H,27,30)/t23-/m0/s1. The third kappa shape index (κ3) is 6.84. The quantitative estimate of drug-likeness (QED) is 0.531. The molecule has 31 heavy (non-hydrogen) atoms. The molecule has 0 saturated carbocycles. The maximum Gasteiger partial charge on any atom is 0.261 e. The van der Waals surface area contributed by atoms with E-state index in [9.17, 15) is 9.59 Å². The number of carbonyl (C=O) groups excluding carboxylic acids is 2. The maximum absolute atomic E-state index is 13.3. The Hall–Kier alpha value is -2.82. The highest BCUT2D eigenvalue weighted by atomic mass is 16.5. The Morgan fingerprint density at radius 1 is 1.00 bits per heavy atom. The van der Waals surface area contributed by atoms with Crippen molar-refractivity contribution in [3.63, 3.8) is 0 Å². The number of hydrogen-bond acceptors (Lipinski definition) is 3. The lowest BCUT2D eigenvalue weighted by atomic mass is 10.1. The van der Waals surface area contributed by atoms with Gasteiger partial charge in [-0.15, -0.1) is 0 Å². The topological polar surface area (TPSA) is 58.6 Å². The highest BCUT2D eigenvalue weighted by Gasteiger charge is 2.29. The second kappa shape index (κ2) is 12.1. The van der Waals surface area contributed by atoms with Crippen LogP contribution in [0.3, 0.4) is 0 Å². The van der Waals surface area contributed by atoms with E-state index in [0.717, 1.165) is 35.1 Å². The molecule has 0 spiro atoms.